The highest BCUT2D eigenvalue weighted by Gasteiger charge is 2.21. The summed E-state index contributed by atoms with van der Waals surface area (Å²) in [6.45, 7) is 2.65. The van der Waals surface area contributed by atoms with Crippen molar-refractivity contribution >= 4 is 23.0 Å². The van der Waals surface area contributed by atoms with E-state index in [4.69, 9.17) is 0 Å². The Kier molecular flexibility index (Phi) is 6.03. The molecule has 0 aromatic heterocycles. The van der Waals surface area contributed by atoms with Crippen LogP contribution in [0.15, 0.2) is 42.5 Å². The monoisotopic (exact) mass is 390 g/mol. The number of amides is 1. The summed E-state index contributed by atoms with van der Waals surface area (Å²) in [5, 5.41) is 13.4. The van der Waals surface area contributed by atoms with Crippen molar-refractivity contribution in [2.75, 3.05) is 42.9 Å². The number of carbonyl (C=O) groups excluding carboxylic acids is 1. The second-order valence-corrected chi connectivity index (χ2v) is 6.44. The van der Waals surface area contributed by atoms with E-state index in [-0.39, 0.29) is 36.1 Å². The quantitative estimate of drug-likeness (QED) is 0.606. The summed E-state index contributed by atoms with van der Waals surface area (Å²) in [5.74, 6) is -1.06. The Labute approximate surface area is 160 Å². The molecule has 1 aliphatic rings. The molecule has 28 heavy (non-hydrogen) atoms. The lowest BCUT2D eigenvalue weighted by Crippen LogP contribution is -2.49. The van der Waals surface area contributed by atoms with Crippen LogP contribution < -0.4 is 10.2 Å². The van der Waals surface area contributed by atoms with Gasteiger partial charge in [-0.15, -0.1) is 0 Å². The van der Waals surface area contributed by atoms with Crippen LogP contribution in [0.3, 0.4) is 0 Å². The molecule has 0 radical (unpaired) electrons. The van der Waals surface area contributed by atoms with Gasteiger partial charge in [0.15, 0.2) is 5.82 Å². The fraction of sp³-hybridized carbons (Fsp3) is 0.316. The van der Waals surface area contributed by atoms with Crippen LogP contribution in [0.2, 0.25) is 0 Å². The smallest absolute Gasteiger partial charge is 0.272 e. The number of nitrogens with one attached hydrogen (secondary N) is 1. The van der Waals surface area contributed by atoms with Gasteiger partial charge >= 0.3 is 0 Å². The lowest BCUT2D eigenvalue weighted by Gasteiger charge is -2.36. The fourth-order valence-corrected chi connectivity index (χ4v) is 3.09. The minimum atomic E-state index is -0.727. The van der Waals surface area contributed by atoms with Crippen molar-refractivity contribution in [3.05, 3.63) is 64.2 Å². The third-order valence-electron chi connectivity index (χ3n) is 4.64. The van der Waals surface area contributed by atoms with Crippen LogP contribution >= 0.6 is 0 Å². The standard InChI is InChI=1S/C19H20F2N4O3/c20-14-1-3-15(4-2-14)23-9-11-24(12-10-23)19(26)7-8-22-18-6-5-16(25(27)28)13-17(18)21/h1-6,13,22H,7-12H2. The minimum Gasteiger partial charge on any atom is -0.382 e. The number of nitrogens with zero attached hydrogens (tertiary/aromatic N) is 3. The van der Waals surface area contributed by atoms with Gasteiger partial charge in [0.25, 0.3) is 5.69 Å². The van der Waals surface area contributed by atoms with Gasteiger partial charge in [0, 0.05) is 50.9 Å². The summed E-state index contributed by atoms with van der Waals surface area (Å²) in [6, 6.07) is 9.61. The van der Waals surface area contributed by atoms with E-state index in [1.807, 2.05) is 0 Å². The molecule has 0 bridgehead atoms. The molecular weight excluding hydrogens is 370 g/mol. The van der Waals surface area contributed by atoms with Crippen molar-refractivity contribution in [2.24, 2.45) is 0 Å². The van der Waals surface area contributed by atoms with Gasteiger partial charge in [0.05, 0.1) is 16.7 Å². The van der Waals surface area contributed by atoms with Crippen LogP contribution in [-0.4, -0.2) is 48.5 Å². The highest BCUT2D eigenvalue weighted by Crippen LogP contribution is 2.21. The summed E-state index contributed by atoms with van der Waals surface area (Å²) < 4.78 is 26.8. The van der Waals surface area contributed by atoms with Gasteiger partial charge in [-0.1, -0.05) is 0 Å². The van der Waals surface area contributed by atoms with Crippen molar-refractivity contribution in [3.63, 3.8) is 0 Å². The van der Waals surface area contributed by atoms with Crippen LogP contribution in [0.4, 0.5) is 25.8 Å². The van der Waals surface area contributed by atoms with E-state index in [2.05, 4.69) is 10.2 Å². The molecule has 0 saturated carbocycles. The van der Waals surface area contributed by atoms with Gasteiger partial charge in [0.1, 0.15) is 5.82 Å². The van der Waals surface area contributed by atoms with E-state index in [1.54, 1.807) is 17.0 Å². The molecule has 1 heterocycles. The van der Waals surface area contributed by atoms with Gasteiger partial charge in [0.2, 0.25) is 5.91 Å². The van der Waals surface area contributed by atoms with E-state index >= 15 is 0 Å². The third kappa shape index (κ3) is 4.73. The Balaban J connectivity index is 1.45. The first-order chi connectivity index (χ1) is 13.4. The maximum Gasteiger partial charge on any atom is 0.272 e. The molecule has 1 N–H and O–H groups in total. The molecule has 2 aromatic carbocycles. The number of rotatable bonds is 6. The molecule has 1 amide bonds. The second kappa shape index (κ2) is 8.64. The molecule has 1 fully saturated rings. The molecular formula is C19H20F2N4O3. The van der Waals surface area contributed by atoms with Crippen molar-refractivity contribution in [1.29, 1.82) is 0 Å². The molecule has 3 rings (SSSR count). The van der Waals surface area contributed by atoms with E-state index in [0.717, 1.165) is 11.8 Å². The molecule has 1 saturated heterocycles. The number of benzene rings is 2. The maximum absolute atomic E-state index is 13.8. The number of nitro benzene ring substituents is 1. The molecule has 148 valence electrons. The summed E-state index contributed by atoms with van der Waals surface area (Å²) >= 11 is 0. The molecule has 2 aromatic rings. The molecule has 0 spiro atoms. The van der Waals surface area contributed by atoms with Gasteiger partial charge < -0.3 is 15.1 Å². The van der Waals surface area contributed by atoms with Crippen molar-refractivity contribution in [1.82, 2.24) is 4.90 Å². The van der Waals surface area contributed by atoms with E-state index in [1.165, 1.54) is 24.3 Å². The number of anilines is 2. The van der Waals surface area contributed by atoms with Crippen LogP contribution in [-0.2, 0) is 4.79 Å². The van der Waals surface area contributed by atoms with Crippen LogP contribution in [0.25, 0.3) is 0 Å². The molecule has 1 aliphatic heterocycles. The van der Waals surface area contributed by atoms with Crippen LogP contribution in [0.5, 0.6) is 0 Å². The average molecular weight is 390 g/mol. The highest BCUT2D eigenvalue weighted by molar-refractivity contribution is 5.77. The summed E-state index contributed by atoms with van der Waals surface area (Å²) in [7, 11) is 0. The second-order valence-electron chi connectivity index (χ2n) is 6.44. The molecule has 0 atom stereocenters. The Morgan fingerprint density at radius 2 is 1.75 bits per heavy atom. The Hall–Kier alpha value is -3.23. The number of nitro groups is 1. The minimum absolute atomic E-state index is 0.0476. The normalized spacial score (nSPS) is 14.1. The van der Waals surface area contributed by atoms with E-state index in [9.17, 15) is 23.7 Å². The van der Waals surface area contributed by atoms with Gasteiger partial charge in [-0.3, -0.25) is 14.9 Å². The molecule has 0 aliphatic carbocycles. The van der Waals surface area contributed by atoms with E-state index in [0.29, 0.717) is 26.2 Å². The number of hydrogen-bond donors (Lipinski definition) is 1. The maximum atomic E-state index is 13.8. The first kappa shape index (κ1) is 19.5. The highest BCUT2D eigenvalue weighted by atomic mass is 19.1. The number of carbonyl (C=O) groups is 1. The lowest BCUT2D eigenvalue weighted by molar-refractivity contribution is -0.385. The zero-order chi connectivity index (χ0) is 20.1. The molecule has 0 unspecified atom stereocenters. The van der Waals surface area contributed by atoms with Crippen molar-refractivity contribution in [3.8, 4) is 0 Å². The SMILES string of the molecule is O=C(CCNc1ccc([N+](=O)[O-])cc1F)N1CCN(c2ccc(F)cc2)CC1. The summed E-state index contributed by atoms with van der Waals surface area (Å²) in [6.07, 6.45) is 0.187. The Morgan fingerprint density at radius 3 is 2.36 bits per heavy atom. The number of halogens is 2. The zero-order valence-corrected chi connectivity index (χ0v) is 15.1. The van der Waals surface area contributed by atoms with Crippen LogP contribution in [0, 0.1) is 21.7 Å². The third-order valence-corrected chi connectivity index (χ3v) is 4.64. The molecule has 7 nitrogen and oxygen atoms in total. The lowest BCUT2D eigenvalue weighted by atomic mass is 10.2. The predicted octanol–water partition coefficient (Wildman–Crippen LogP) is 3.02. The summed E-state index contributed by atoms with van der Waals surface area (Å²) in [5.41, 5.74) is 0.724. The summed E-state index contributed by atoms with van der Waals surface area (Å²) in [4.78, 5) is 26.1. The topological polar surface area (TPSA) is 78.7 Å². The fourth-order valence-electron chi connectivity index (χ4n) is 3.09. The number of piperazine rings is 1. The zero-order valence-electron chi connectivity index (χ0n) is 15.1. The van der Waals surface area contributed by atoms with Crippen LogP contribution in [0.1, 0.15) is 6.42 Å². The Morgan fingerprint density at radius 1 is 1.07 bits per heavy atom. The number of hydrogen-bond acceptors (Lipinski definition) is 5. The van der Waals surface area contributed by atoms with Gasteiger partial charge in [-0.25, -0.2) is 8.78 Å². The first-order valence-electron chi connectivity index (χ1n) is 8.90. The number of non-ortho nitro benzene ring substituents is 1. The predicted molar refractivity (Wildman–Crippen MR) is 101 cm³/mol. The average Bonchev–Trinajstić information content (AvgIpc) is 2.69. The first-order valence-corrected chi connectivity index (χ1v) is 8.90. The van der Waals surface area contributed by atoms with Gasteiger partial charge in [-0.2, -0.15) is 0 Å². The van der Waals surface area contributed by atoms with Crippen molar-refractivity contribution < 1.29 is 18.5 Å². The van der Waals surface area contributed by atoms with Gasteiger partial charge in [-0.05, 0) is 30.3 Å². The molecule has 9 heteroatoms. The largest absolute Gasteiger partial charge is 0.382 e. The van der Waals surface area contributed by atoms with Crippen molar-refractivity contribution in [2.45, 2.75) is 6.42 Å². The van der Waals surface area contributed by atoms with E-state index < -0.39 is 10.7 Å². The Bertz CT molecular complexity index is 853.